The SMILES string of the molecule is CC(C)(C)OC(=O)Oc1ccc(/C=C(\C#N)C(=O)ON2C(=O)CCC2=O)cc1. The van der Waals surface area contributed by atoms with Crippen molar-refractivity contribution in [1.29, 1.82) is 5.26 Å². The van der Waals surface area contributed by atoms with Gasteiger partial charge in [-0.05, 0) is 44.5 Å². The summed E-state index contributed by atoms with van der Waals surface area (Å²) in [6.07, 6.45) is 0.259. The van der Waals surface area contributed by atoms with Gasteiger partial charge in [0.25, 0.3) is 11.8 Å². The van der Waals surface area contributed by atoms with Gasteiger partial charge in [-0.15, -0.1) is 5.06 Å². The minimum Gasteiger partial charge on any atom is -0.428 e. The molecule has 0 bridgehead atoms. The van der Waals surface area contributed by atoms with Gasteiger partial charge in [0.2, 0.25) is 0 Å². The lowest BCUT2D eigenvalue weighted by Crippen LogP contribution is -2.32. The van der Waals surface area contributed by atoms with E-state index in [0.717, 1.165) is 0 Å². The molecule has 1 aromatic carbocycles. The second kappa shape index (κ2) is 8.35. The zero-order valence-electron chi connectivity index (χ0n) is 15.6. The van der Waals surface area contributed by atoms with Gasteiger partial charge in [0.1, 0.15) is 23.0 Å². The van der Waals surface area contributed by atoms with Crippen molar-refractivity contribution in [2.45, 2.75) is 39.2 Å². The standard InChI is InChI=1S/C19H18N2O7/c1-19(2,3)27-18(25)26-14-6-4-12(5-7-14)10-13(11-20)17(24)28-21-15(22)8-9-16(21)23/h4-7,10H,8-9H2,1-3H3/b13-10+. The highest BCUT2D eigenvalue weighted by atomic mass is 16.7. The van der Waals surface area contributed by atoms with Gasteiger partial charge in [0, 0.05) is 12.8 Å². The zero-order valence-corrected chi connectivity index (χ0v) is 15.6. The Morgan fingerprint density at radius 3 is 2.18 bits per heavy atom. The molecule has 1 aliphatic rings. The maximum atomic E-state index is 12.0. The summed E-state index contributed by atoms with van der Waals surface area (Å²) >= 11 is 0. The van der Waals surface area contributed by atoms with E-state index in [-0.39, 0.29) is 18.6 Å². The Morgan fingerprint density at radius 2 is 1.68 bits per heavy atom. The van der Waals surface area contributed by atoms with E-state index in [0.29, 0.717) is 10.6 Å². The number of nitriles is 1. The summed E-state index contributed by atoms with van der Waals surface area (Å²) in [6.45, 7) is 5.11. The minimum absolute atomic E-state index is 0.0448. The van der Waals surface area contributed by atoms with Gasteiger partial charge in [-0.1, -0.05) is 12.1 Å². The van der Waals surface area contributed by atoms with Gasteiger partial charge in [-0.2, -0.15) is 5.26 Å². The van der Waals surface area contributed by atoms with E-state index in [4.69, 9.17) is 19.6 Å². The van der Waals surface area contributed by atoms with E-state index in [1.165, 1.54) is 30.3 Å². The number of nitrogens with zero attached hydrogens (tertiary/aromatic N) is 2. The molecular weight excluding hydrogens is 368 g/mol. The van der Waals surface area contributed by atoms with Crippen LogP contribution >= 0.6 is 0 Å². The highest BCUT2D eigenvalue weighted by molar-refractivity contribution is 6.04. The van der Waals surface area contributed by atoms with Gasteiger partial charge >= 0.3 is 12.1 Å². The van der Waals surface area contributed by atoms with Crippen LogP contribution in [0.5, 0.6) is 5.75 Å². The normalized spacial score (nSPS) is 14.5. The lowest BCUT2D eigenvalue weighted by molar-refractivity contribution is -0.194. The second-order valence-corrected chi connectivity index (χ2v) is 6.77. The number of carbonyl (C=O) groups excluding carboxylic acids is 4. The third kappa shape index (κ3) is 5.67. The average Bonchev–Trinajstić information content (AvgIpc) is 2.91. The van der Waals surface area contributed by atoms with Crippen LogP contribution < -0.4 is 4.74 Å². The van der Waals surface area contributed by atoms with Crippen LogP contribution in [0.15, 0.2) is 29.8 Å². The zero-order chi connectivity index (χ0) is 20.9. The molecule has 1 heterocycles. The molecule has 2 amide bonds. The van der Waals surface area contributed by atoms with E-state index < -0.39 is 35.1 Å². The molecule has 2 rings (SSSR count). The summed E-state index contributed by atoms with van der Waals surface area (Å²) in [5.74, 6) is -2.19. The summed E-state index contributed by atoms with van der Waals surface area (Å²) in [5.41, 5.74) is -0.669. The largest absolute Gasteiger partial charge is 0.514 e. The summed E-state index contributed by atoms with van der Waals surface area (Å²) in [7, 11) is 0. The number of hydroxylamine groups is 2. The third-order valence-electron chi connectivity index (χ3n) is 3.30. The molecule has 9 nitrogen and oxygen atoms in total. The maximum Gasteiger partial charge on any atom is 0.514 e. The van der Waals surface area contributed by atoms with Crippen molar-refractivity contribution in [3.05, 3.63) is 35.4 Å². The van der Waals surface area contributed by atoms with Crippen LogP contribution in [0.3, 0.4) is 0 Å². The van der Waals surface area contributed by atoms with Crippen LogP contribution in [-0.2, 0) is 24.0 Å². The van der Waals surface area contributed by atoms with Crippen molar-refractivity contribution in [3.63, 3.8) is 0 Å². The lowest BCUT2D eigenvalue weighted by Gasteiger charge is -2.18. The van der Waals surface area contributed by atoms with Crippen molar-refractivity contribution < 1.29 is 33.5 Å². The third-order valence-corrected chi connectivity index (χ3v) is 3.30. The highest BCUT2D eigenvalue weighted by Crippen LogP contribution is 2.18. The summed E-state index contributed by atoms with van der Waals surface area (Å²) in [6, 6.07) is 7.55. The number of hydrogen-bond acceptors (Lipinski definition) is 8. The fourth-order valence-corrected chi connectivity index (χ4v) is 2.09. The van der Waals surface area contributed by atoms with E-state index in [9.17, 15) is 19.2 Å². The molecule has 146 valence electrons. The van der Waals surface area contributed by atoms with Crippen molar-refractivity contribution in [3.8, 4) is 11.8 Å². The topological polar surface area (TPSA) is 123 Å². The van der Waals surface area contributed by atoms with Crippen molar-refractivity contribution in [2.75, 3.05) is 0 Å². The number of rotatable bonds is 4. The minimum atomic E-state index is -1.12. The number of ether oxygens (including phenoxy) is 2. The predicted molar refractivity (Wildman–Crippen MR) is 94.1 cm³/mol. The first-order valence-corrected chi connectivity index (χ1v) is 8.30. The Balaban J connectivity index is 2.05. The maximum absolute atomic E-state index is 12.0. The first kappa shape index (κ1) is 20.6. The smallest absolute Gasteiger partial charge is 0.428 e. The molecule has 0 unspecified atom stereocenters. The molecule has 1 saturated heterocycles. The van der Waals surface area contributed by atoms with Gasteiger partial charge in [-0.25, -0.2) is 9.59 Å². The Morgan fingerprint density at radius 1 is 1.11 bits per heavy atom. The second-order valence-electron chi connectivity index (χ2n) is 6.77. The van der Waals surface area contributed by atoms with Crippen molar-refractivity contribution in [1.82, 2.24) is 5.06 Å². The first-order valence-electron chi connectivity index (χ1n) is 8.30. The monoisotopic (exact) mass is 386 g/mol. The average molecular weight is 386 g/mol. The number of benzene rings is 1. The molecule has 1 aliphatic heterocycles. The van der Waals surface area contributed by atoms with Crippen molar-refractivity contribution >= 4 is 30.0 Å². The van der Waals surface area contributed by atoms with Crippen LogP contribution in [-0.4, -0.2) is 34.6 Å². The molecule has 1 aromatic rings. The molecule has 0 N–H and O–H groups in total. The molecule has 0 spiro atoms. The van der Waals surface area contributed by atoms with Crippen LogP contribution in [0.25, 0.3) is 6.08 Å². The van der Waals surface area contributed by atoms with Gasteiger partial charge < -0.3 is 14.3 Å². The molecule has 9 heteroatoms. The molecule has 0 saturated carbocycles. The van der Waals surface area contributed by atoms with E-state index in [2.05, 4.69) is 0 Å². The summed E-state index contributed by atoms with van der Waals surface area (Å²) < 4.78 is 10.0. The van der Waals surface area contributed by atoms with Gasteiger partial charge in [0.05, 0.1) is 0 Å². The fourth-order valence-electron chi connectivity index (χ4n) is 2.09. The molecule has 0 radical (unpaired) electrons. The molecule has 0 atom stereocenters. The molecule has 0 aromatic heterocycles. The Labute approximate surface area is 161 Å². The van der Waals surface area contributed by atoms with Crippen LogP contribution in [0, 0.1) is 11.3 Å². The van der Waals surface area contributed by atoms with Gasteiger partial charge in [-0.3, -0.25) is 9.59 Å². The number of hydrogen-bond donors (Lipinski definition) is 0. The van der Waals surface area contributed by atoms with E-state index in [1.54, 1.807) is 26.8 Å². The summed E-state index contributed by atoms with van der Waals surface area (Å²) in [4.78, 5) is 51.3. The first-order chi connectivity index (χ1) is 13.1. The number of amides is 2. The van der Waals surface area contributed by atoms with Crippen molar-refractivity contribution in [2.24, 2.45) is 0 Å². The van der Waals surface area contributed by atoms with Crippen LogP contribution in [0.2, 0.25) is 0 Å². The Bertz CT molecular complexity index is 857. The van der Waals surface area contributed by atoms with E-state index in [1.807, 2.05) is 0 Å². The molecule has 28 heavy (non-hydrogen) atoms. The van der Waals surface area contributed by atoms with E-state index >= 15 is 0 Å². The van der Waals surface area contributed by atoms with Crippen LogP contribution in [0.1, 0.15) is 39.2 Å². The van der Waals surface area contributed by atoms with Crippen LogP contribution in [0.4, 0.5) is 4.79 Å². The summed E-state index contributed by atoms with van der Waals surface area (Å²) in [5, 5.41) is 9.52. The lowest BCUT2D eigenvalue weighted by atomic mass is 10.1. The molecule has 0 aliphatic carbocycles. The molecule has 1 fully saturated rings. The Hall–Kier alpha value is -3.67. The number of imide groups is 1. The Kier molecular flexibility index (Phi) is 6.15. The quantitative estimate of drug-likeness (QED) is 0.254. The molecular formula is C19H18N2O7. The highest BCUT2D eigenvalue weighted by Gasteiger charge is 2.33. The fraction of sp³-hybridized carbons (Fsp3) is 0.316. The number of carbonyl (C=O) groups is 4. The van der Waals surface area contributed by atoms with Gasteiger partial charge in [0.15, 0.2) is 0 Å². The predicted octanol–water partition coefficient (Wildman–Crippen LogP) is 2.51.